The van der Waals surface area contributed by atoms with Gasteiger partial charge in [0.25, 0.3) is 0 Å². The van der Waals surface area contributed by atoms with Crippen LogP contribution >= 0.6 is 0 Å². The van der Waals surface area contributed by atoms with E-state index in [-0.39, 0.29) is 5.56 Å². The Morgan fingerprint density at radius 2 is 1.96 bits per heavy atom. The van der Waals surface area contributed by atoms with E-state index in [1.54, 1.807) is 6.07 Å². The lowest BCUT2D eigenvalue weighted by Gasteiger charge is -2.04. The molecule has 0 saturated carbocycles. The van der Waals surface area contributed by atoms with Gasteiger partial charge in [0.1, 0.15) is 30.1 Å². The molecule has 3 nitrogen and oxygen atoms in total. The fourth-order valence-corrected chi connectivity index (χ4v) is 3.19. The molecule has 0 spiro atoms. The summed E-state index contributed by atoms with van der Waals surface area (Å²) >= 11 is 0. The highest BCUT2D eigenvalue weighted by atomic mass is 19.1. The molecule has 116 valence electrons. The maximum absolute atomic E-state index is 14.0. The van der Waals surface area contributed by atoms with Crippen molar-refractivity contribution < 1.29 is 13.4 Å². The second-order valence-corrected chi connectivity index (χ2v) is 5.87. The molecule has 4 aromatic rings. The summed E-state index contributed by atoms with van der Waals surface area (Å²) < 4.78 is 21.9. The van der Waals surface area contributed by atoms with Gasteiger partial charge < -0.3 is 4.42 Å². The molecule has 0 fully saturated rings. The smallest absolute Gasteiger partial charge is 0.212 e. The summed E-state index contributed by atoms with van der Waals surface area (Å²) in [7, 11) is 1.99. The highest BCUT2D eigenvalue weighted by Gasteiger charge is 2.19. The Kier molecular flexibility index (Phi) is 3.10. The molecule has 2 aromatic carbocycles. The van der Waals surface area contributed by atoms with Crippen molar-refractivity contribution in [2.45, 2.75) is 6.92 Å². The Bertz CT molecular complexity index is 1150. The quantitative estimate of drug-likeness (QED) is 0.488. The average Bonchev–Trinajstić information content (AvgIpc) is 2.92. The number of rotatable bonds is 1. The van der Waals surface area contributed by atoms with Crippen LogP contribution in [0.4, 0.5) is 4.39 Å². The number of pyridine rings is 1. The predicted octanol–water partition coefficient (Wildman–Crippen LogP) is 4.40. The van der Waals surface area contributed by atoms with Gasteiger partial charge in [-0.3, -0.25) is 0 Å². The summed E-state index contributed by atoms with van der Waals surface area (Å²) in [6.07, 6.45) is 1.99. The van der Waals surface area contributed by atoms with Crippen LogP contribution in [0.15, 0.2) is 53.1 Å². The van der Waals surface area contributed by atoms with Crippen LogP contribution in [0.1, 0.15) is 11.1 Å². The van der Waals surface area contributed by atoms with E-state index in [1.807, 2.05) is 61.1 Å². The monoisotopic (exact) mass is 317 g/mol. The minimum Gasteiger partial charge on any atom is -0.456 e. The number of aromatic nitrogens is 1. The number of hydrogen-bond donors (Lipinski definition) is 0. The number of halogens is 1. The molecule has 0 aliphatic carbocycles. The SMILES string of the molecule is Cc1cc2c(cc1-c1cccc[n+]1C)oc1ccc(F)c(C#N)c12. The third kappa shape index (κ3) is 1.99. The van der Waals surface area contributed by atoms with Crippen molar-refractivity contribution in [3.63, 3.8) is 0 Å². The molecule has 0 saturated heterocycles. The highest BCUT2D eigenvalue weighted by Crippen LogP contribution is 2.36. The van der Waals surface area contributed by atoms with Crippen LogP contribution < -0.4 is 4.57 Å². The van der Waals surface area contributed by atoms with E-state index < -0.39 is 5.82 Å². The van der Waals surface area contributed by atoms with Gasteiger partial charge in [-0.1, -0.05) is 0 Å². The minimum absolute atomic E-state index is 0.0312. The fourth-order valence-electron chi connectivity index (χ4n) is 3.19. The Balaban J connectivity index is 2.10. The van der Waals surface area contributed by atoms with Crippen LogP contribution in [0, 0.1) is 24.1 Å². The summed E-state index contributed by atoms with van der Waals surface area (Å²) in [4.78, 5) is 0. The van der Waals surface area contributed by atoms with E-state index in [1.165, 1.54) is 6.07 Å². The van der Waals surface area contributed by atoms with Crippen molar-refractivity contribution >= 4 is 21.9 Å². The molecule has 0 radical (unpaired) electrons. The van der Waals surface area contributed by atoms with E-state index in [2.05, 4.69) is 0 Å². The Morgan fingerprint density at radius 3 is 2.71 bits per heavy atom. The zero-order valence-corrected chi connectivity index (χ0v) is 13.3. The van der Waals surface area contributed by atoms with Gasteiger partial charge in [0.05, 0.1) is 11.1 Å². The Hall–Kier alpha value is -3.19. The molecule has 0 atom stereocenters. The van der Waals surface area contributed by atoms with E-state index in [0.29, 0.717) is 16.6 Å². The maximum atomic E-state index is 14.0. The van der Waals surface area contributed by atoms with Crippen molar-refractivity contribution in [3.8, 4) is 17.3 Å². The van der Waals surface area contributed by atoms with Crippen LogP contribution in [-0.4, -0.2) is 0 Å². The van der Waals surface area contributed by atoms with Gasteiger partial charge in [0, 0.05) is 22.9 Å². The summed E-state index contributed by atoms with van der Waals surface area (Å²) in [5.41, 5.74) is 4.35. The van der Waals surface area contributed by atoms with Crippen molar-refractivity contribution in [3.05, 3.63) is 65.6 Å². The summed E-state index contributed by atoms with van der Waals surface area (Å²) in [5.74, 6) is -0.524. The normalized spacial score (nSPS) is 11.1. The molecule has 0 bridgehead atoms. The second kappa shape index (κ2) is 5.17. The molecule has 2 aromatic heterocycles. The molecule has 0 amide bonds. The van der Waals surface area contributed by atoms with Gasteiger partial charge in [-0.2, -0.15) is 5.26 Å². The van der Waals surface area contributed by atoms with E-state index in [9.17, 15) is 9.65 Å². The number of furan rings is 1. The first-order valence-corrected chi connectivity index (χ1v) is 7.60. The first kappa shape index (κ1) is 14.4. The third-order valence-electron chi connectivity index (χ3n) is 4.37. The molecule has 24 heavy (non-hydrogen) atoms. The largest absolute Gasteiger partial charge is 0.456 e. The van der Waals surface area contributed by atoms with Crippen LogP contribution in [0.3, 0.4) is 0 Å². The van der Waals surface area contributed by atoms with Gasteiger partial charge in [-0.15, -0.1) is 0 Å². The summed E-state index contributed by atoms with van der Waals surface area (Å²) in [6.45, 7) is 2.01. The molecule has 0 aliphatic heterocycles. The number of nitriles is 1. The van der Waals surface area contributed by atoms with Gasteiger partial charge in [0.15, 0.2) is 6.20 Å². The molecule has 4 rings (SSSR count). The first-order valence-electron chi connectivity index (χ1n) is 7.60. The maximum Gasteiger partial charge on any atom is 0.212 e. The Labute approximate surface area is 138 Å². The summed E-state index contributed by atoms with van der Waals surface area (Å²) in [6, 6.07) is 14.7. The van der Waals surface area contributed by atoms with Crippen molar-refractivity contribution in [1.82, 2.24) is 0 Å². The van der Waals surface area contributed by atoms with Crippen molar-refractivity contribution in [1.29, 1.82) is 5.26 Å². The zero-order valence-electron chi connectivity index (χ0n) is 13.3. The van der Waals surface area contributed by atoms with E-state index in [0.717, 1.165) is 22.2 Å². The number of aryl methyl sites for hydroxylation is 2. The van der Waals surface area contributed by atoms with E-state index in [4.69, 9.17) is 4.42 Å². The number of nitrogens with zero attached hydrogens (tertiary/aromatic N) is 2. The first-order chi connectivity index (χ1) is 11.6. The third-order valence-corrected chi connectivity index (χ3v) is 4.37. The van der Waals surface area contributed by atoms with Crippen LogP contribution in [0.5, 0.6) is 0 Å². The molecule has 0 N–H and O–H groups in total. The molecule has 0 unspecified atom stereocenters. The predicted molar refractivity (Wildman–Crippen MR) is 89.7 cm³/mol. The standard InChI is InChI=1S/C20H14FN2O/c1-12-9-14-19(10-13(12)17-5-3-4-8-23(17)2)24-18-7-6-16(21)15(11-22)20(14)18/h3-10H,1-2H3/q+1. The van der Waals surface area contributed by atoms with Gasteiger partial charge in [0.2, 0.25) is 5.69 Å². The Morgan fingerprint density at radius 1 is 1.12 bits per heavy atom. The molecular weight excluding hydrogens is 303 g/mol. The number of benzene rings is 2. The van der Waals surface area contributed by atoms with Crippen LogP contribution in [-0.2, 0) is 7.05 Å². The molecular formula is C20H14FN2O+. The molecule has 0 aliphatic rings. The lowest BCUT2D eigenvalue weighted by atomic mass is 10.00. The van der Waals surface area contributed by atoms with Crippen molar-refractivity contribution in [2.24, 2.45) is 7.05 Å². The molecule has 2 heterocycles. The van der Waals surface area contributed by atoms with Crippen molar-refractivity contribution in [2.75, 3.05) is 0 Å². The molecule has 4 heteroatoms. The van der Waals surface area contributed by atoms with Gasteiger partial charge in [-0.05, 0) is 42.8 Å². The highest BCUT2D eigenvalue weighted by molar-refractivity contribution is 6.09. The average molecular weight is 317 g/mol. The topological polar surface area (TPSA) is 40.8 Å². The van der Waals surface area contributed by atoms with Gasteiger partial charge >= 0.3 is 0 Å². The lowest BCUT2D eigenvalue weighted by molar-refractivity contribution is -0.660. The van der Waals surface area contributed by atoms with E-state index >= 15 is 0 Å². The second-order valence-electron chi connectivity index (χ2n) is 5.87. The van der Waals surface area contributed by atoms with Crippen LogP contribution in [0.25, 0.3) is 33.2 Å². The zero-order chi connectivity index (χ0) is 16.8. The summed E-state index contributed by atoms with van der Waals surface area (Å²) in [5, 5.41) is 10.6. The minimum atomic E-state index is -0.524. The fraction of sp³-hybridized carbons (Fsp3) is 0.100. The van der Waals surface area contributed by atoms with Crippen LogP contribution in [0.2, 0.25) is 0 Å². The number of fused-ring (bicyclic) bond motifs is 3. The lowest BCUT2D eigenvalue weighted by Crippen LogP contribution is -2.30. The number of hydrogen-bond acceptors (Lipinski definition) is 2. The van der Waals surface area contributed by atoms with Gasteiger partial charge in [-0.25, -0.2) is 8.96 Å².